The zero-order chi connectivity index (χ0) is 22.9. The maximum absolute atomic E-state index is 13.1. The highest BCUT2D eigenvalue weighted by Crippen LogP contribution is 2.32. The lowest BCUT2D eigenvalue weighted by molar-refractivity contribution is -0.130. The Kier molecular flexibility index (Phi) is 6.78. The third-order valence-corrected chi connectivity index (χ3v) is 8.78. The molecule has 0 spiro atoms. The molecule has 1 aromatic carbocycles. The van der Waals surface area contributed by atoms with Crippen LogP contribution in [-0.4, -0.2) is 90.1 Å². The molecule has 0 bridgehead atoms. The van der Waals surface area contributed by atoms with Crippen LogP contribution in [0.4, 0.5) is 5.95 Å². The van der Waals surface area contributed by atoms with E-state index in [1.54, 1.807) is 11.9 Å². The highest BCUT2D eigenvalue weighted by atomic mass is 32.2. The SMILES string of the molecule is Cc1ccccc1-n1c(S[C@H](C)C(=O)N(C)[C@H]2CCS(=O)(=O)C2)nnc1N1CCOCC1. The Labute approximate surface area is 193 Å². The largest absolute Gasteiger partial charge is 0.378 e. The summed E-state index contributed by atoms with van der Waals surface area (Å²) in [6.45, 7) is 6.58. The first-order valence-corrected chi connectivity index (χ1v) is 13.4. The monoisotopic (exact) mass is 479 g/mol. The van der Waals surface area contributed by atoms with Crippen molar-refractivity contribution in [1.82, 2.24) is 19.7 Å². The molecule has 11 heteroatoms. The molecule has 2 aliphatic heterocycles. The van der Waals surface area contributed by atoms with Crippen molar-refractivity contribution in [3.8, 4) is 5.69 Å². The number of ether oxygens (including phenoxy) is 1. The average molecular weight is 480 g/mol. The number of nitrogens with zero attached hydrogens (tertiary/aromatic N) is 5. The Bertz CT molecular complexity index is 1080. The van der Waals surface area contributed by atoms with Crippen LogP contribution in [0.25, 0.3) is 5.69 Å². The molecular formula is C21H29N5O4S2. The number of hydrogen-bond donors (Lipinski definition) is 0. The minimum absolute atomic E-state index is 0.0349. The zero-order valence-electron chi connectivity index (χ0n) is 18.6. The summed E-state index contributed by atoms with van der Waals surface area (Å²) in [6, 6.07) is 7.75. The first-order chi connectivity index (χ1) is 15.3. The van der Waals surface area contributed by atoms with Gasteiger partial charge in [0.15, 0.2) is 15.0 Å². The van der Waals surface area contributed by atoms with Crippen LogP contribution in [0, 0.1) is 6.92 Å². The number of benzene rings is 1. The Morgan fingerprint density at radius 1 is 1.25 bits per heavy atom. The number of rotatable bonds is 6. The molecule has 0 saturated carbocycles. The molecule has 0 radical (unpaired) electrons. The molecule has 2 atom stereocenters. The fourth-order valence-corrected chi connectivity index (χ4v) is 6.82. The van der Waals surface area contributed by atoms with Gasteiger partial charge in [0, 0.05) is 26.2 Å². The van der Waals surface area contributed by atoms with E-state index in [4.69, 9.17) is 4.74 Å². The molecule has 2 fully saturated rings. The first kappa shape index (κ1) is 23.1. The lowest BCUT2D eigenvalue weighted by Gasteiger charge is -2.28. The van der Waals surface area contributed by atoms with Crippen molar-refractivity contribution >= 4 is 33.5 Å². The van der Waals surface area contributed by atoms with E-state index in [2.05, 4.69) is 15.1 Å². The third-order valence-electron chi connectivity index (χ3n) is 6.00. The fourth-order valence-electron chi connectivity index (χ4n) is 4.09. The van der Waals surface area contributed by atoms with Gasteiger partial charge in [-0.1, -0.05) is 30.0 Å². The van der Waals surface area contributed by atoms with Crippen molar-refractivity contribution in [3.05, 3.63) is 29.8 Å². The van der Waals surface area contributed by atoms with E-state index in [0.717, 1.165) is 30.3 Å². The number of morpholine rings is 1. The molecule has 3 heterocycles. The molecule has 1 amide bonds. The van der Waals surface area contributed by atoms with Crippen LogP contribution in [-0.2, 0) is 19.4 Å². The van der Waals surface area contributed by atoms with Crippen molar-refractivity contribution in [3.63, 3.8) is 0 Å². The van der Waals surface area contributed by atoms with Crippen LogP contribution >= 0.6 is 11.8 Å². The maximum atomic E-state index is 13.1. The van der Waals surface area contributed by atoms with Crippen molar-refractivity contribution in [2.24, 2.45) is 0 Å². The molecule has 0 unspecified atom stereocenters. The molecule has 9 nitrogen and oxygen atoms in total. The van der Waals surface area contributed by atoms with Gasteiger partial charge in [0.25, 0.3) is 0 Å². The van der Waals surface area contributed by atoms with Crippen molar-refractivity contribution in [2.45, 2.75) is 36.7 Å². The summed E-state index contributed by atoms with van der Waals surface area (Å²) in [4.78, 5) is 16.8. The third kappa shape index (κ3) is 4.79. The lowest BCUT2D eigenvalue weighted by atomic mass is 10.2. The van der Waals surface area contributed by atoms with E-state index in [1.165, 1.54) is 11.8 Å². The molecule has 2 aliphatic rings. The second kappa shape index (κ2) is 9.40. The predicted octanol–water partition coefficient (Wildman–Crippen LogP) is 1.54. The van der Waals surface area contributed by atoms with E-state index in [0.29, 0.717) is 24.8 Å². The summed E-state index contributed by atoms with van der Waals surface area (Å²) in [5, 5.41) is 9.10. The summed E-state index contributed by atoms with van der Waals surface area (Å²) >= 11 is 1.34. The number of hydrogen-bond acceptors (Lipinski definition) is 8. The fraction of sp³-hybridized carbons (Fsp3) is 0.571. The lowest BCUT2D eigenvalue weighted by Crippen LogP contribution is -2.41. The number of para-hydroxylation sites is 1. The van der Waals surface area contributed by atoms with E-state index >= 15 is 0 Å². The van der Waals surface area contributed by atoms with Crippen molar-refractivity contribution in [1.29, 1.82) is 0 Å². The van der Waals surface area contributed by atoms with Crippen LogP contribution in [0.3, 0.4) is 0 Å². The van der Waals surface area contributed by atoms with Crippen LogP contribution < -0.4 is 4.90 Å². The topological polar surface area (TPSA) is 97.6 Å². The first-order valence-electron chi connectivity index (χ1n) is 10.7. The Morgan fingerprint density at radius 2 is 1.97 bits per heavy atom. The molecule has 2 aromatic rings. The van der Waals surface area contributed by atoms with Gasteiger partial charge in [-0.05, 0) is 31.9 Å². The van der Waals surface area contributed by atoms with Gasteiger partial charge in [0.05, 0.1) is 35.7 Å². The number of amides is 1. The van der Waals surface area contributed by atoms with E-state index in [1.807, 2.05) is 42.7 Å². The van der Waals surface area contributed by atoms with Crippen molar-refractivity contribution in [2.75, 3.05) is 49.8 Å². The van der Waals surface area contributed by atoms with E-state index in [9.17, 15) is 13.2 Å². The summed E-state index contributed by atoms with van der Waals surface area (Å²) in [5.74, 6) is 0.804. The van der Waals surface area contributed by atoms with Gasteiger partial charge in [0.2, 0.25) is 11.9 Å². The summed E-state index contributed by atoms with van der Waals surface area (Å²) in [7, 11) is -1.37. The van der Waals surface area contributed by atoms with Gasteiger partial charge in [-0.25, -0.2) is 8.42 Å². The number of carbonyl (C=O) groups excluding carboxylic acids is 1. The average Bonchev–Trinajstić information content (AvgIpc) is 3.36. The van der Waals surface area contributed by atoms with Crippen LogP contribution in [0.1, 0.15) is 18.9 Å². The van der Waals surface area contributed by atoms with Gasteiger partial charge >= 0.3 is 0 Å². The smallest absolute Gasteiger partial charge is 0.235 e. The number of aryl methyl sites for hydroxylation is 1. The number of aromatic nitrogens is 3. The number of sulfone groups is 1. The predicted molar refractivity (Wildman–Crippen MR) is 124 cm³/mol. The van der Waals surface area contributed by atoms with Crippen LogP contribution in [0.2, 0.25) is 0 Å². The van der Waals surface area contributed by atoms with Gasteiger partial charge < -0.3 is 14.5 Å². The van der Waals surface area contributed by atoms with Crippen LogP contribution in [0.5, 0.6) is 0 Å². The molecule has 0 N–H and O–H groups in total. The molecule has 0 aliphatic carbocycles. The maximum Gasteiger partial charge on any atom is 0.235 e. The zero-order valence-corrected chi connectivity index (χ0v) is 20.2. The van der Waals surface area contributed by atoms with E-state index < -0.39 is 15.1 Å². The minimum atomic E-state index is -3.06. The van der Waals surface area contributed by atoms with Gasteiger partial charge in [-0.15, -0.1) is 10.2 Å². The second-order valence-electron chi connectivity index (χ2n) is 8.27. The summed E-state index contributed by atoms with van der Waals surface area (Å²) < 4.78 is 31.2. The van der Waals surface area contributed by atoms with E-state index in [-0.39, 0.29) is 23.5 Å². The highest BCUT2D eigenvalue weighted by Gasteiger charge is 2.35. The number of thioether (sulfide) groups is 1. The molecular weight excluding hydrogens is 450 g/mol. The Morgan fingerprint density at radius 3 is 2.62 bits per heavy atom. The molecule has 32 heavy (non-hydrogen) atoms. The Hall–Kier alpha value is -2.11. The normalized spacial score (nSPS) is 21.5. The molecule has 4 rings (SSSR count). The van der Waals surface area contributed by atoms with Crippen molar-refractivity contribution < 1.29 is 17.9 Å². The van der Waals surface area contributed by atoms with Gasteiger partial charge in [0.1, 0.15) is 0 Å². The Balaban J connectivity index is 1.60. The van der Waals surface area contributed by atoms with Gasteiger partial charge in [-0.2, -0.15) is 0 Å². The summed E-state index contributed by atoms with van der Waals surface area (Å²) in [5.41, 5.74) is 2.05. The highest BCUT2D eigenvalue weighted by molar-refractivity contribution is 8.00. The summed E-state index contributed by atoms with van der Waals surface area (Å²) in [6.07, 6.45) is 0.489. The standard InChI is InChI=1S/C21H29N5O4S2/c1-15-6-4-5-7-18(15)26-20(25-9-11-30-12-10-25)22-23-21(26)31-16(2)19(27)24(3)17-8-13-32(28,29)14-17/h4-7,16-17H,8-14H2,1-3H3/t16-,17+/m1/s1. The minimum Gasteiger partial charge on any atom is -0.378 e. The quantitative estimate of drug-likeness (QED) is 0.576. The second-order valence-corrected chi connectivity index (χ2v) is 11.8. The number of carbonyl (C=O) groups is 1. The molecule has 174 valence electrons. The van der Waals surface area contributed by atoms with Crippen LogP contribution in [0.15, 0.2) is 29.4 Å². The molecule has 1 aromatic heterocycles. The van der Waals surface area contributed by atoms with Gasteiger partial charge in [-0.3, -0.25) is 9.36 Å². The molecule has 2 saturated heterocycles. The number of anilines is 1.